The molecule has 0 N–H and O–H groups in total. The van der Waals surface area contributed by atoms with Crippen molar-refractivity contribution < 1.29 is 19.1 Å². The monoisotopic (exact) mass is 394 g/mol. The molecule has 0 saturated heterocycles. The summed E-state index contributed by atoms with van der Waals surface area (Å²) in [6.07, 6.45) is 20.9. The average molecular weight is 395 g/mol. The van der Waals surface area contributed by atoms with Crippen molar-refractivity contribution in [3.05, 3.63) is 25.7 Å². The van der Waals surface area contributed by atoms with Crippen LogP contribution in [-0.4, -0.2) is 11.9 Å². The van der Waals surface area contributed by atoms with Gasteiger partial charge in [0.05, 0.1) is 24.9 Å². The third-order valence-corrected chi connectivity index (χ3v) is 5.07. The van der Waals surface area contributed by atoms with E-state index in [0.717, 1.165) is 25.4 Å². The molecular weight excluding hydrogens is 352 g/mol. The van der Waals surface area contributed by atoms with Crippen molar-refractivity contribution in [2.45, 2.75) is 110 Å². The third-order valence-electron chi connectivity index (χ3n) is 5.07. The number of hydrogen-bond donors (Lipinski definition) is 0. The van der Waals surface area contributed by atoms with Crippen LogP contribution in [0, 0.1) is 5.92 Å². The van der Waals surface area contributed by atoms with Crippen LogP contribution in [0.25, 0.3) is 0 Å². The van der Waals surface area contributed by atoms with E-state index in [0.29, 0.717) is 6.42 Å². The van der Waals surface area contributed by atoms with Crippen LogP contribution in [-0.2, 0) is 19.1 Å². The van der Waals surface area contributed by atoms with Crippen molar-refractivity contribution in [3.8, 4) is 0 Å². The highest BCUT2D eigenvalue weighted by atomic mass is 16.5. The Bertz CT molecular complexity index is 417. The number of ether oxygens (including phenoxy) is 2. The Balaban J connectivity index is 3.65. The Kier molecular flexibility index (Phi) is 19.0. The van der Waals surface area contributed by atoms with Gasteiger partial charge in [-0.15, -0.1) is 0 Å². The first kappa shape index (κ1) is 26.4. The molecule has 162 valence electrons. The maximum Gasteiger partial charge on any atom is 0.314 e. The van der Waals surface area contributed by atoms with Crippen molar-refractivity contribution in [2.75, 3.05) is 0 Å². The van der Waals surface area contributed by atoms with E-state index in [4.69, 9.17) is 9.47 Å². The molecule has 0 aliphatic heterocycles. The number of rotatable bonds is 20. The molecule has 0 aromatic rings. The molecule has 0 saturated carbocycles. The van der Waals surface area contributed by atoms with Gasteiger partial charge in [0.1, 0.15) is 0 Å². The van der Waals surface area contributed by atoms with Gasteiger partial charge in [-0.25, -0.2) is 0 Å². The van der Waals surface area contributed by atoms with Gasteiger partial charge in [-0.2, -0.15) is 0 Å². The van der Waals surface area contributed by atoms with E-state index in [-0.39, 0.29) is 6.42 Å². The summed E-state index contributed by atoms with van der Waals surface area (Å²) in [6.45, 7) is 9.01. The average Bonchev–Trinajstić information content (AvgIpc) is 2.67. The van der Waals surface area contributed by atoms with Gasteiger partial charge < -0.3 is 9.47 Å². The van der Waals surface area contributed by atoms with Crippen LogP contribution in [0.3, 0.4) is 0 Å². The standard InChI is InChI=1S/C24H42O4/c1-4-7-8-9-10-11-12-13-14-15-16-17-18-19-20-22(24(26)28-6-3)21-23(25)27-5-2/h5-6,22H,2-4,7-21H2,1H3. The van der Waals surface area contributed by atoms with Gasteiger partial charge in [0, 0.05) is 0 Å². The highest BCUT2D eigenvalue weighted by molar-refractivity contribution is 5.80. The summed E-state index contributed by atoms with van der Waals surface area (Å²) in [5, 5.41) is 0. The Hall–Kier alpha value is -1.58. The zero-order chi connectivity index (χ0) is 20.9. The van der Waals surface area contributed by atoms with E-state index >= 15 is 0 Å². The second-order valence-electron chi connectivity index (χ2n) is 7.55. The first-order valence-corrected chi connectivity index (χ1v) is 11.3. The second-order valence-corrected chi connectivity index (χ2v) is 7.55. The van der Waals surface area contributed by atoms with E-state index in [9.17, 15) is 9.59 Å². The van der Waals surface area contributed by atoms with Gasteiger partial charge in [-0.1, -0.05) is 110 Å². The summed E-state index contributed by atoms with van der Waals surface area (Å²) < 4.78 is 9.56. The molecule has 4 heteroatoms. The SMILES string of the molecule is C=COC(=O)CC(CCCCCCCCCCCCCCCC)C(=O)OC=C. The van der Waals surface area contributed by atoms with E-state index in [1.165, 1.54) is 77.0 Å². The predicted octanol–water partition coefficient (Wildman–Crippen LogP) is 7.24. The second kappa shape index (κ2) is 20.2. The molecule has 0 aromatic carbocycles. The summed E-state index contributed by atoms with van der Waals surface area (Å²) in [6, 6.07) is 0. The fourth-order valence-corrected chi connectivity index (χ4v) is 3.41. The molecule has 1 atom stereocenters. The number of carbonyl (C=O) groups excluding carboxylic acids is 2. The van der Waals surface area contributed by atoms with Gasteiger partial charge >= 0.3 is 11.9 Å². The normalized spacial score (nSPS) is 11.6. The van der Waals surface area contributed by atoms with E-state index < -0.39 is 17.9 Å². The van der Waals surface area contributed by atoms with Crippen LogP contribution < -0.4 is 0 Å². The van der Waals surface area contributed by atoms with Gasteiger partial charge in [-0.3, -0.25) is 9.59 Å². The highest BCUT2D eigenvalue weighted by Crippen LogP contribution is 2.18. The third kappa shape index (κ3) is 16.6. The molecule has 0 aliphatic carbocycles. The molecule has 28 heavy (non-hydrogen) atoms. The fraction of sp³-hybridized carbons (Fsp3) is 0.750. The smallest absolute Gasteiger partial charge is 0.314 e. The molecule has 0 amide bonds. The highest BCUT2D eigenvalue weighted by Gasteiger charge is 2.23. The molecule has 4 nitrogen and oxygen atoms in total. The summed E-state index contributed by atoms with van der Waals surface area (Å²) in [4.78, 5) is 23.5. The van der Waals surface area contributed by atoms with Crippen molar-refractivity contribution in [1.82, 2.24) is 0 Å². The van der Waals surface area contributed by atoms with Gasteiger partial charge in [0.15, 0.2) is 0 Å². The van der Waals surface area contributed by atoms with Crippen molar-refractivity contribution in [3.63, 3.8) is 0 Å². The lowest BCUT2D eigenvalue weighted by atomic mass is 9.97. The molecule has 0 aliphatic rings. The number of hydrogen-bond acceptors (Lipinski definition) is 4. The predicted molar refractivity (Wildman–Crippen MR) is 116 cm³/mol. The zero-order valence-electron chi connectivity index (χ0n) is 18.1. The lowest BCUT2D eigenvalue weighted by Gasteiger charge is -2.13. The molecule has 1 unspecified atom stereocenters. The van der Waals surface area contributed by atoms with Crippen molar-refractivity contribution >= 4 is 11.9 Å². The lowest BCUT2D eigenvalue weighted by molar-refractivity contribution is -0.149. The van der Waals surface area contributed by atoms with Crippen molar-refractivity contribution in [2.24, 2.45) is 5.92 Å². The molecule has 0 rings (SSSR count). The Morgan fingerprint density at radius 2 is 1.14 bits per heavy atom. The van der Waals surface area contributed by atoms with Crippen molar-refractivity contribution in [1.29, 1.82) is 0 Å². The number of unbranched alkanes of at least 4 members (excludes halogenated alkanes) is 13. The lowest BCUT2D eigenvalue weighted by Crippen LogP contribution is -2.20. The number of esters is 2. The minimum atomic E-state index is -0.470. The Morgan fingerprint density at radius 1 is 0.714 bits per heavy atom. The Morgan fingerprint density at radius 3 is 1.57 bits per heavy atom. The van der Waals surface area contributed by atoms with Gasteiger partial charge in [-0.05, 0) is 6.42 Å². The summed E-state index contributed by atoms with van der Waals surface area (Å²) in [5.74, 6) is -1.33. The maximum absolute atomic E-state index is 11.9. The Labute approximate surface area is 172 Å². The molecule has 0 bridgehead atoms. The maximum atomic E-state index is 11.9. The number of carbonyl (C=O) groups is 2. The first-order valence-electron chi connectivity index (χ1n) is 11.3. The summed E-state index contributed by atoms with van der Waals surface area (Å²) in [5.41, 5.74) is 0. The summed E-state index contributed by atoms with van der Waals surface area (Å²) in [7, 11) is 0. The van der Waals surface area contributed by atoms with Crippen LogP contribution in [0.1, 0.15) is 110 Å². The van der Waals surface area contributed by atoms with E-state index in [2.05, 4.69) is 20.1 Å². The van der Waals surface area contributed by atoms with Crippen LogP contribution >= 0.6 is 0 Å². The largest absolute Gasteiger partial charge is 0.435 e. The van der Waals surface area contributed by atoms with E-state index in [1.54, 1.807) is 0 Å². The molecule has 0 radical (unpaired) electrons. The van der Waals surface area contributed by atoms with E-state index in [1.807, 2.05) is 0 Å². The quantitative estimate of drug-likeness (QED) is 0.124. The van der Waals surface area contributed by atoms with Crippen LogP contribution in [0.4, 0.5) is 0 Å². The van der Waals surface area contributed by atoms with Crippen LogP contribution in [0.15, 0.2) is 25.7 Å². The molecule has 0 fully saturated rings. The molecule has 0 aromatic heterocycles. The minimum absolute atomic E-state index is 0.0249. The van der Waals surface area contributed by atoms with Crippen LogP contribution in [0.2, 0.25) is 0 Å². The minimum Gasteiger partial charge on any atom is -0.435 e. The van der Waals surface area contributed by atoms with Gasteiger partial charge in [0.2, 0.25) is 0 Å². The molecule has 0 spiro atoms. The molecule has 0 heterocycles. The summed E-state index contributed by atoms with van der Waals surface area (Å²) >= 11 is 0. The fourth-order valence-electron chi connectivity index (χ4n) is 3.41. The van der Waals surface area contributed by atoms with Crippen LogP contribution in [0.5, 0.6) is 0 Å². The first-order chi connectivity index (χ1) is 13.7. The molecular formula is C24H42O4. The van der Waals surface area contributed by atoms with Gasteiger partial charge in [0.25, 0.3) is 0 Å². The topological polar surface area (TPSA) is 52.6 Å². The zero-order valence-corrected chi connectivity index (χ0v) is 18.1.